The third kappa shape index (κ3) is 6.71. The smallest absolute Gasteiger partial charge is 0.338 e. The lowest BCUT2D eigenvalue weighted by Gasteiger charge is -2.16. The van der Waals surface area contributed by atoms with E-state index in [0.29, 0.717) is 18.1 Å². The van der Waals surface area contributed by atoms with Gasteiger partial charge in [0.25, 0.3) is 0 Å². The minimum Gasteiger partial charge on any atom is -0.462 e. The second-order valence-electron chi connectivity index (χ2n) is 5.19. The molecule has 1 atom stereocenters. The number of ether oxygens (including phenoxy) is 1. The highest BCUT2D eigenvalue weighted by atomic mass is 16.5. The topological polar surface area (TPSA) is 46.5 Å². The lowest BCUT2D eigenvalue weighted by atomic mass is 9.97. The average Bonchev–Trinajstić information content (AvgIpc) is 2.50. The molecule has 0 fully saturated rings. The normalized spacial score (nSPS) is 12.1. The Kier molecular flexibility index (Phi) is 8.72. The van der Waals surface area contributed by atoms with Gasteiger partial charge < -0.3 is 9.84 Å². The predicted molar refractivity (Wildman–Crippen MR) is 80.7 cm³/mol. The Bertz CT molecular complexity index is 362. The Balaban J connectivity index is 2.38. The van der Waals surface area contributed by atoms with Gasteiger partial charge in [0, 0.05) is 6.61 Å². The van der Waals surface area contributed by atoms with Crippen molar-refractivity contribution < 1.29 is 14.6 Å². The minimum atomic E-state index is -0.255. The van der Waals surface area contributed by atoms with Crippen LogP contribution in [-0.2, 0) is 4.74 Å². The summed E-state index contributed by atoms with van der Waals surface area (Å²) in [6.45, 7) is 2.84. The number of hydrogen-bond donors (Lipinski definition) is 1. The van der Waals surface area contributed by atoms with Crippen LogP contribution in [0.4, 0.5) is 0 Å². The van der Waals surface area contributed by atoms with Crippen molar-refractivity contribution >= 4 is 5.97 Å². The molecule has 1 unspecified atom stereocenters. The molecule has 0 amide bonds. The van der Waals surface area contributed by atoms with E-state index in [1.54, 1.807) is 12.1 Å². The van der Waals surface area contributed by atoms with Crippen molar-refractivity contribution in [1.29, 1.82) is 0 Å². The first-order valence-electron chi connectivity index (χ1n) is 7.61. The van der Waals surface area contributed by atoms with Crippen LogP contribution in [0.25, 0.3) is 0 Å². The summed E-state index contributed by atoms with van der Waals surface area (Å²) >= 11 is 0. The maximum absolute atomic E-state index is 11.9. The van der Waals surface area contributed by atoms with Crippen LogP contribution in [0.5, 0.6) is 0 Å². The number of rotatable bonds is 10. The van der Waals surface area contributed by atoms with Gasteiger partial charge in [0.15, 0.2) is 0 Å². The maximum atomic E-state index is 11.9. The average molecular weight is 278 g/mol. The summed E-state index contributed by atoms with van der Waals surface area (Å²) in [5.41, 5.74) is 0.599. The molecule has 0 heterocycles. The van der Waals surface area contributed by atoms with E-state index >= 15 is 0 Å². The molecular weight excluding hydrogens is 252 g/mol. The largest absolute Gasteiger partial charge is 0.462 e. The number of carbonyl (C=O) groups excluding carboxylic acids is 1. The van der Waals surface area contributed by atoms with E-state index in [9.17, 15) is 4.79 Å². The van der Waals surface area contributed by atoms with E-state index in [1.807, 2.05) is 18.2 Å². The van der Waals surface area contributed by atoms with Crippen LogP contribution in [0, 0.1) is 5.92 Å². The summed E-state index contributed by atoms with van der Waals surface area (Å²) in [5.74, 6) is 0.108. The van der Waals surface area contributed by atoms with Gasteiger partial charge >= 0.3 is 5.97 Å². The first kappa shape index (κ1) is 16.7. The molecule has 1 rings (SSSR count). The van der Waals surface area contributed by atoms with Crippen LogP contribution in [0.15, 0.2) is 30.3 Å². The van der Waals surface area contributed by atoms with Gasteiger partial charge in [-0.1, -0.05) is 44.4 Å². The Hall–Kier alpha value is -1.35. The first-order valence-corrected chi connectivity index (χ1v) is 7.61. The number of aliphatic hydroxyl groups excluding tert-OH is 1. The van der Waals surface area contributed by atoms with Crippen molar-refractivity contribution in [3.63, 3.8) is 0 Å². The predicted octanol–water partition coefficient (Wildman–Crippen LogP) is 3.81. The van der Waals surface area contributed by atoms with Crippen molar-refractivity contribution in [3.8, 4) is 0 Å². The molecule has 3 nitrogen and oxygen atoms in total. The van der Waals surface area contributed by atoms with Crippen molar-refractivity contribution in [2.45, 2.75) is 45.4 Å². The van der Waals surface area contributed by atoms with E-state index in [-0.39, 0.29) is 12.6 Å². The van der Waals surface area contributed by atoms with Gasteiger partial charge in [0.2, 0.25) is 0 Å². The maximum Gasteiger partial charge on any atom is 0.338 e. The fourth-order valence-corrected chi connectivity index (χ4v) is 2.23. The Morgan fingerprint density at radius 1 is 1.15 bits per heavy atom. The first-order chi connectivity index (χ1) is 9.77. The zero-order valence-corrected chi connectivity index (χ0v) is 12.4. The van der Waals surface area contributed by atoms with E-state index in [2.05, 4.69) is 6.92 Å². The van der Waals surface area contributed by atoms with Crippen molar-refractivity contribution in [2.75, 3.05) is 13.2 Å². The molecule has 0 aromatic heterocycles. The van der Waals surface area contributed by atoms with Gasteiger partial charge in [0.1, 0.15) is 0 Å². The second kappa shape index (κ2) is 10.4. The number of carbonyl (C=O) groups is 1. The van der Waals surface area contributed by atoms with Crippen LogP contribution >= 0.6 is 0 Å². The number of hydrogen-bond acceptors (Lipinski definition) is 3. The Morgan fingerprint density at radius 2 is 1.85 bits per heavy atom. The monoisotopic (exact) mass is 278 g/mol. The van der Waals surface area contributed by atoms with Gasteiger partial charge in [-0.15, -0.1) is 0 Å². The molecule has 0 radical (unpaired) electrons. The number of esters is 1. The number of aliphatic hydroxyl groups is 1. The molecular formula is C17H26O3. The zero-order chi connectivity index (χ0) is 14.6. The SMILES string of the molecule is CCCCCC(CCCO)COC(=O)c1ccccc1. The van der Waals surface area contributed by atoms with E-state index in [1.165, 1.54) is 12.8 Å². The molecule has 1 aromatic rings. The molecule has 0 aliphatic heterocycles. The molecule has 0 aliphatic carbocycles. The minimum absolute atomic E-state index is 0.205. The fourth-order valence-electron chi connectivity index (χ4n) is 2.23. The molecule has 0 aliphatic rings. The van der Waals surface area contributed by atoms with E-state index in [0.717, 1.165) is 25.7 Å². The second-order valence-corrected chi connectivity index (χ2v) is 5.19. The summed E-state index contributed by atoms with van der Waals surface area (Å²) in [7, 11) is 0. The summed E-state index contributed by atoms with van der Waals surface area (Å²) in [4.78, 5) is 11.9. The van der Waals surface area contributed by atoms with Crippen molar-refractivity contribution in [1.82, 2.24) is 0 Å². The van der Waals surface area contributed by atoms with Crippen molar-refractivity contribution in [2.24, 2.45) is 5.92 Å². The Labute approximate surface area is 122 Å². The van der Waals surface area contributed by atoms with Gasteiger partial charge in [-0.25, -0.2) is 4.79 Å². The van der Waals surface area contributed by atoms with E-state index < -0.39 is 0 Å². The molecule has 0 spiro atoms. The number of unbranched alkanes of at least 4 members (excludes halogenated alkanes) is 2. The van der Waals surface area contributed by atoms with Gasteiger partial charge in [-0.05, 0) is 37.3 Å². The molecule has 3 heteroatoms. The zero-order valence-electron chi connectivity index (χ0n) is 12.4. The van der Waals surface area contributed by atoms with Gasteiger partial charge in [-0.3, -0.25) is 0 Å². The third-order valence-corrected chi connectivity index (χ3v) is 3.45. The van der Waals surface area contributed by atoms with Gasteiger partial charge in [0.05, 0.1) is 12.2 Å². The highest BCUT2D eigenvalue weighted by Gasteiger charge is 2.12. The standard InChI is InChI=1S/C17H26O3/c1-2-3-5-9-15(10-8-13-18)14-20-17(19)16-11-6-4-7-12-16/h4,6-7,11-12,15,18H,2-3,5,8-10,13-14H2,1H3. The quantitative estimate of drug-likeness (QED) is 0.523. The third-order valence-electron chi connectivity index (χ3n) is 3.45. The molecule has 0 bridgehead atoms. The number of benzene rings is 1. The summed E-state index contributed by atoms with van der Waals surface area (Å²) in [5, 5.41) is 8.93. The van der Waals surface area contributed by atoms with Crippen LogP contribution < -0.4 is 0 Å². The summed E-state index contributed by atoms with van der Waals surface area (Å²) < 4.78 is 5.40. The van der Waals surface area contributed by atoms with Crippen LogP contribution in [0.3, 0.4) is 0 Å². The highest BCUT2D eigenvalue weighted by Crippen LogP contribution is 2.17. The Morgan fingerprint density at radius 3 is 2.50 bits per heavy atom. The van der Waals surface area contributed by atoms with E-state index in [4.69, 9.17) is 9.84 Å². The fraction of sp³-hybridized carbons (Fsp3) is 0.588. The molecule has 1 N–H and O–H groups in total. The lowest BCUT2D eigenvalue weighted by molar-refractivity contribution is 0.0419. The summed E-state index contributed by atoms with van der Waals surface area (Å²) in [6, 6.07) is 9.08. The molecule has 0 saturated heterocycles. The highest BCUT2D eigenvalue weighted by molar-refractivity contribution is 5.89. The lowest BCUT2D eigenvalue weighted by Crippen LogP contribution is -2.15. The summed E-state index contributed by atoms with van der Waals surface area (Å²) in [6.07, 6.45) is 6.33. The van der Waals surface area contributed by atoms with Crippen LogP contribution in [0.1, 0.15) is 55.8 Å². The van der Waals surface area contributed by atoms with Crippen LogP contribution in [0.2, 0.25) is 0 Å². The van der Waals surface area contributed by atoms with Gasteiger partial charge in [-0.2, -0.15) is 0 Å². The van der Waals surface area contributed by atoms with Crippen molar-refractivity contribution in [3.05, 3.63) is 35.9 Å². The van der Waals surface area contributed by atoms with Crippen LogP contribution in [-0.4, -0.2) is 24.3 Å². The molecule has 1 aromatic carbocycles. The molecule has 20 heavy (non-hydrogen) atoms. The molecule has 112 valence electrons. The molecule has 0 saturated carbocycles.